The first kappa shape index (κ1) is 19.3. The molecule has 2 bridgehead atoms. The van der Waals surface area contributed by atoms with Gasteiger partial charge in [0, 0.05) is 31.6 Å². The van der Waals surface area contributed by atoms with E-state index in [1.54, 1.807) is 14.2 Å². The van der Waals surface area contributed by atoms with Gasteiger partial charge >= 0.3 is 0 Å². The van der Waals surface area contributed by atoms with Gasteiger partial charge in [0.2, 0.25) is 5.91 Å². The van der Waals surface area contributed by atoms with E-state index in [9.17, 15) is 4.79 Å². The first-order valence-corrected chi connectivity index (χ1v) is 9.44. The Labute approximate surface area is 161 Å². The Kier molecular flexibility index (Phi) is 5.98. The lowest BCUT2D eigenvalue weighted by Gasteiger charge is -2.33. The molecule has 144 valence electrons. The maximum Gasteiger partial charge on any atom is 0.223 e. The predicted octanol–water partition coefficient (Wildman–Crippen LogP) is 2.93. The van der Waals surface area contributed by atoms with Crippen molar-refractivity contribution >= 4 is 18.3 Å². The van der Waals surface area contributed by atoms with Crippen LogP contribution in [0.15, 0.2) is 12.1 Å². The Balaban J connectivity index is 0.00000196. The minimum atomic E-state index is 0. The number of benzene rings is 1. The number of amides is 1. The summed E-state index contributed by atoms with van der Waals surface area (Å²) in [6.45, 7) is 1.49. The summed E-state index contributed by atoms with van der Waals surface area (Å²) in [4.78, 5) is 14.9. The summed E-state index contributed by atoms with van der Waals surface area (Å²) in [5.41, 5.74) is 2.45. The summed E-state index contributed by atoms with van der Waals surface area (Å²) in [5.74, 6) is 2.38. The van der Waals surface area contributed by atoms with Crippen molar-refractivity contribution in [3.05, 3.63) is 23.3 Å². The monoisotopic (exact) mass is 380 g/mol. The predicted molar refractivity (Wildman–Crippen MR) is 103 cm³/mol. The summed E-state index contributed by atoms with van der Waals surface area (Å²) in [5, 5.41) is 3.66. The second-order valence-corrected chi connectivity index (χ2v) is 7.72. The number of hydrogen-bond acceptors (Lipinski definition) is 4. The van der Waals surface area contributed by atoms with Crippen LogP contribution in [0.4, 0.5) is 0 Å². The highest BCUT2D eigenvalue weighted by molar-refractivity contribution is 5.85. The van der Waals surface area contributed by atoms with Gasteiger partial charge in [-0.25, -0.2) is 0 Å². The molecule has 3 aliphatic rings. The molecule has 4 rings (SSSR count). The fourth-order valence-electron chi connectivity index (χ4n) is 4.81. The number of fused-ring (bicyclic) bond motifs is 3. The van der Waals surface area contributed by atoms with Gasteiger partial charge in [-0.05, 0) is 61.3 Å². The van der Waals surface area contributed by atoms with Crippen molar-refractivity contribution in [2.75, 3.05) is 20.8 Å². The van der Waals surface area contributed by atoms with Gasteiger partial charge in [0.05, 0.1) is 14.2 Å². The third kappa shape index (κ3) is 3.79. The molecule has 1 aromatic rings. The van der Waals surface area contributed by atoms with E-state index in [1.807, 2.05) is 11.0 Å². The van der Waals surface area contributed by atoms with Crippen molar-refractivity contribution in [1.29, 1.82) is 0 Å². The highest BCUT2D eigenvalue weighted by Crippen LogP contribution is 2.35. The highest BCUT2D eigenvalue weighted by atomic mass is 35.5. The molecule has 2 saturated heterocycles. The zero-order valence-corrected chi connectivity index (χ0v) is 16.4. The molecule has 26 heavy (non-hydrogen) atoms. The largest absolute Gasteiger partial charge is 0.493 e. The van der Waals surface area contributed by atoms with Gasteiger partial charge in [-0.15, -0.1) is 12.4 Å². The number of nitrogens with zero attached hydrogens (tertiary/aromatic N) is 1. The lowest BCUT2D eigenvalue weighted by molar-refractivity contribution is -0.133. The van der Waals surface area contributed by atoms with E-state index in [1.165, 1.54) is 24.0 Å². The molecular formula is C20H29ClN2O3. The molecule has 0 aromatic heterocycles. The Morgan fingerprint density at radius 2 is 1.73 bits per heavy atom. The summed E-state index contributed by atoms with van der Waals surface area (Å²) in [6, 6.07) is 5.38. The second-order valence-electron chi connectivity index (χ2n) is 7.72. The number of ether oxygens (including phenoxy) is 2. The van der Waals surface area contributed by atoms with Gasteiger partial charge in [-0.2, -0.15) is 0 Å². The molecule has 2 fully saturated rings. The van der Waals surface area contributed by atoms with Crippen LogP contribution in [-0.2, 0) is 17.8 Å². The molecule has 0 aliphatic carbocycles. The van der Waals surface area contributed by atoms with Crippen LogP contribution in [0.5, 0.6) is 11.5 Å². The minimum Gasteiger partial charge on any atom is -0.493 e. The molecule has 3 aliphatic heterocycles. The minimum absolute atomic E-state index is 0. The van der Waals surface area contributed by atoms with Crippen LogP contribution in [0.1, 0.15) is 43.2 Å². The van der Waals surface area contributed by atoms with Crippen LogP contribution >= 0.6 is 12.4 Å². The molecule has 6 heteroatoms. The van der Waals surface area contributed by atoms with Crippen molar-refractivity contribution in [1.82, 2.24) is 10.2 Å². The number of carbonyl (C=O) groups excluding carboxylic acids is 1. The Hall–Kier alpha value is -1.46. The van der Waals surface area contributed by atoms with E-state index >= 15 is 0 Å². The van der Waals surface area contributed by atoms with Crippen LogP contribution in [0.25, 0.3) is 0 Å². The van der Waals surface area contributed by atoms with Gasteiger partial charge in [-0.1, -0.05) is 0 Å². The third-order valence-corrected chi connectivity index (χ3v) is 6.10. The van der Waals surface area contributed by atoms with Gasteiger partial charge in [0.25, 0.3) is 0 Å². The zero-order chi connectivity index (χ0) is 17.4. The van der Waals surface area contributed by atoms with E-state index in [0.29, 0.717) is 36.9 Å². The fraction of sp³-hybridized carbons (Fsp3) is 0.650. The number of piperidine rings is 1. The van der Waals surface area contributed by atoms with E-state index in [0.717, 1.165) is 37.3 Å². The third-order valence-electron chi connectivity index (χ3n) is 6.10. The molecule has 1 aromatic carbocycles. The van der Waals surface area contributed by atoms with Gasteiger partial charge < -0.3 is 19.7 Å². The van der Waals surface area contributed by atoms with Crippen molar-refractivity contribution in [3.63, 3.8) is 0 Å². The summed E-state index contributed by atoms with van der Waals surface area (Å²) >= 11 is 0. The molecular weight excluding hydrogens is 352 g/mol. The number of methoxy groups -OCH3 is 2. The lowest BCUT2D eigenvalue weighted by atomic mass is 9.89. The van der Waals surface area contributed by atoms with E-state index in [2.05, 4.69) is 11.4 Å². The Bertz CT molecular complexity index is 655. The number of rotatable bonds is 4. The molecule has 1 amide bonds. The average molecular weight is 381 g/mol. The number of hydrogen-bond donors (Lipinski definition) is 1. The van der Waals surface area contributed by atoms with Crippen molar-refractivity contribution < 1.29 is 14.3 Å². The first-order valence-electron chi connectivity index (χ1n) is 9.44. The quantitative estimate of drug-likeness (QED) is 0.872. The smallest absolute Gasteiger partial charge is 0.223 e. The van der Waals surface area contributed by atoms with Crippen LogP contribution in [0.2, 0.25) is 0 Å². The maximum atomic E-state index is 12.8. The molecule has 0 spiro atoms. The number of carbonyl (C=O) groups is 1. The highest BCUT2D eigenvalue weighted by Gasteiger charge is 2.35. The van der Waals surface area contributed by atoms with Gasteiger partial charge in [0.1, 0.15) is 0 Å². The molecule has 2 unspecified atom stereocenters. The average Bonchev–Trinajstić information content (AvgIpc) is 2.98. The molecule has 5 nitrogen and oxygen atoms in total. The van der Waals surface area contributed by atoms with Gasteiger partial charge in [0.15, 0.2) is 11.5 Å². The molecule has 0 radical (unpaired) electrons. The van der Waals surface area contributed by atoms with Crippen LogP contribution in [0, 0.1) is 5.92 Å². The van der Waals surface area contributed by atoms with Gasteiger partial charge in [-0.3, -0.25) is 4.79 Å². The Morgan fingerprint density at radius 1 is 1.12 bits per heavy atom. The van der Waals surface area contributed by atoms with Crippen LogP contribution in [-0.4, -0.2) is 43.7 Å². The zero-order valence-electron chi connectivity index (χ0n) is 15.6. The van der Waals surface area contributed by atoms with Crippen LogP contribution in [0.3, 0.4) is 0 Å². The van der Waals surface area contributed by atoms with Crippen molar-refractivity contribution in [2.24, 2.45) is 5.92 Å². The van der Waals surface area contributed by atoms with E-state index in [4.69, 9.17) is 9.47 Å². The molecule has 3 heterocycles. The normalized spacial score (nSPS) is 26.7. The molecule has 0 saturated carbocycles. The number of halogens is 1. The lowest BCUT2D eigenvalue weighted by Crippen LogP contribution is -2.41. The van der Waals surface area contributed by atoms with Crippen LogP contribution < -0.4 is 14.8 Å². The fourth-order valence-corrected chi connectivity index (χ4v) is 4.81. The van der Waals surface area contributed by atoms with Crippen molar-refractivity contribution in [2.45, 2.75) is 57.2 Å². The molecule has 1 N–H and O–H groups in total. The second kappa shape index (κ2) is 8.05. The SMILES string of the molecule is COc1cc2c(cc1OC)CN(C(=O)CC1CC3CCC(C1)N3)CC2.Cl. The summed E-state index contributed by atoms with van der Waals surface area (Å²) in [6.07, 6.45) is 6.49. The first-order chi connectivity index (χ1) is 12.2. The maximum absolute atomic E-state index is 12.8. The standard InChI is InChI=1S/C20H28N2O3.ClH/c1-24-18-10-14-5-6-22(12-15(14)11-19(18)25-2)20(23)9-13-7-16-3-4-17(8-13)21-16;/h10-11,13,16-17,21H,3-9,12H2,1-2H3;1H. The van der Waals surface area contributed by atoms with E-state index in [-0.39, 0.29) is 12.4 Å². The summed E-state index contributed by atoms with van der Waals surface area (Å²) < 4.78 is 10.8. The number of nitrogens with one attached hydrogen (secondary N) is 1. The van der Waals surface area contributed by atoms with Crippen molar-refractivity contribution in [3.8, 4) is 11.5 Å². The topological polar surface area (TPSA) is 50.8 Å². The molecule has 2 atom stereocenters. The Morgan fingerprint density at radius 3 is 2.35 bits per heavy atom. The summed E-state index contributed by atoms with van der Waals surface area (Å²) in [7, 11) is 3.32. The van der Waals surface area contributed by atoms with E-state index < -0.39 is 0 Å².